The average Bonchev–Trinajstić information content (AvgIpc) is 3.16. The number of carbonyl (C=O) groups is 1. The quantitative estimate of drug-likeness (QED) is 0.266. The molecule has 1 atom stereocenters. The highest BCUT2D eigenvalue weighted by Crippen LogP contribution is 2.27. The van der Waals surface area contributed by atoms with Gasteiger partial charge in [0.1, 0.15) is 5.69 Å². The van der Waals surface area contributed by atoms with Crippen molar-refractivity contribution < 1.29 is 15.0 Å². The Morgan fingerprint density at radius 1 is 1.42 bits per heavy atom. The Hall–Kier alpha value is -3.77. The molecular formula is C21H21N7O4S. The molecule has 0 aliphatic heterocycles. The molecule has 33 heavy (non-hydrogen) atoms. The van der Waals surface area contributed by atoms with Crippen LogP contribution in [-0.2, 0) is 0 Å². The maximum Gasteiger partial charge on any atom is 0.326 e. The lowest BCUT2D eigenvalue weighted by Crippen LogP contribution is -2.29. The highest BCUT2D eigenvalue weighted by molar-refractivity contribution is 7.17. The Bertz CT molecular complexity index is 1520. The van der Waals surface area contributed by atoms with Crippen LogP contribution in [0.4, 0.5) is 0 Å². The van der Waals surface area contributed by atoms with Gasteiger partial charge in [-0.15, -0.1) is 11.3 Å². The van der Waals surface area contributed by atoms with Crippen LogP contribution in [0.2, 0.25) is 0 Å². The van der Waals surface area contributed by atoms with E-state index in [9.17, 15) is 19.8 Å². The van der Waals surface area contributed by atoms with E-state index in [0.717, 1.165) is 17.7 Å². The molecule has 0 radical (unpaired) electrons. The molecule has 4 aromatic rings. The zero-order valence-corrected chi connectivity index (χ0v) is 18.4. The molecule has 11 nitrogen and oxygen atoms in total. The van der Waals surface area contributed by atoms with E-state index < -0.39 is 11.8 Å². The Kier molecular flexibility index (Phi) is 5.30. The van der Waals surface area contributed by atoms with E-state index in [4.69, 9.17) is 9.98 Å². The number of carbonyl (C=O) groups excluding carboxylic acids is 1. The van der Waals surface area contributed by atoms with Crippen molar-refractivity contribution in [2.75, 3.05) is 6.54 Å². The molecule has 0 aromatic carbocycles. The molecule has 4 heterocycles. The fourth-order valence-corrected chi connectivity index (χ4v) is 4.13. The third kappa shape index (κ3) is 4.43. The standard InChI is InChI=1S/C21H21N7O4S/c1-10(29)8-22-20(31)16-5-4-15(33-16)13-7-17(24-12-2-3-12)28-18(25-13)11(9-23-28)6-14-19(30)27-21(32)26-14/h4-7,9-10,12,29-30H,2-3,8H2,1H3,(H,22,31)(H2,26,27,32)/b11-6+,24-17?. The van der Waals surface area contributed by atoms with Gasteiger partial charge in [-0.05, 0) is 38.0 Å². The first-order valence-electron chi connectivity index (χ1n) is 10.4. The summed E-state index contributed by atoms with van der Waals surface area (Å²) in [5.41, 5.74) is 1.46. The molecule has 5 rings (SSSR count). The number of imidazole rings is 1. The maximum atomic E-state index is 12.4. The van der Waals surface area contributed by atoms with Crippen molar-refractivity contribution in [3.8, 4) is 16.5 Å². The summed E-state index contributed by atoms with van der Waals surface area (Å²) in [7, 11) is 0. The number of hydrogen-bond donors (Lipinski definition) is 5. The van der Waals surface area contributed by atoms with Gasteiger partial charge < -0.3 is 20.5 Å². The number of aliphatic hydroxyl groups is 1. The highest BCUT2D eigenvalue weighted by Gasteiger charge is 2.21. The first-order chi connectivity index (χ1) is 15.9. The zero-order chi connectivity index (χ0) is 23.1. The Morgan fingerprint density at radius 2 is 2.24 bits per heavy atom. The number of aromatic amines is 2. The molecule has 5 N–H and O–H groups in total. The van der Waals surface area contributed by atoms with Gasteiger partial charge in [0.25, 0.3) is 5.91 Å². The van der Waals surface area contributed by atoms with Gasteiger partial charge in [0.2, 0.25) is 5.88 Å². The summed E-state index contributed by atoms with van der Waals surface area (Å²) in [6.07, 6.45) is 4.58. The fraction of sp³-hybridized carbons (Fsp3) is 0.286. The molecule has 1 aliphatic carbocycles. The number of aliphatic hydroxyl groups excluding tert-OH is 1. The van der Waals surface area contributed by atoms with E-state index in [2.05, 4.69) is 20.4 Å². The average molecular weight is 468 g/mol. The second-order valence-corrected chi connectivity index (χ2v) is 8.99. The van der Waals surface area contributed by atoms with Crippen molar-refractivity contribution in [2.24, 2.45) is 4.99 Å². The molecule has 0 saturated heterocycles. The van der Waals surface area contributed by atoms with Gasteiger partial charge in [-0.25, -0.2) is 9.78 Å². The van der Waals surface area contributed by atoms with Crippen LogP contribution in [0.15, 0.2) is 34.2 Å². The highest BCUT2D eigenvalue weighted by atomic mass is 32.1. The van der Waals surface area contributed by atoms with Crippen LogP contribution in [0.5, 0.6) is 5.88 Å². The van der Waals surface area contributed by atoms with E-state index >= 15 is 0 Å². The number of nitrogens with one attached hydrogen (secondary N) is 3. The summed E-state index contributed by atoms with van der Waals surface area (Å²) in [4.78, 5) is 39.4. The van der Waals surface area contributed by atoms with Crippen molar-refractivity contribution in [3.63, 3.8) is 0 Å². The number of rotatable bonds is 6. The lowest BCUT2D eigenvalue weighted by molar-refractivity contribution is 0.0928. The predicted molar refractivity (Wildman–Crippen MR) is 121 cm³/mol. The molecule has 1 aliphatic rings. The second kappa shape index (κ2) is 8.30. The number of nitrogens with zero attached hydrogens (tertiary/aromatic N) is 4. The lowest BCUT2D eigenvalue weighted by atomic mass is 10.3. The summed E-state index contributed by atoms with van der Waals surface area (Å²) in [6.45, 7) is 1.77. The summed E-state index contributed by atoms with van der Waals surface area (Å²) >= 11 is 1.29. The minimum atomic E-state index is -0.630. The molecule has 1 unspecified atom stereocenters. The topological polar surface area (TPSA) is 161 Å². The number of H-pyrrole nitrogens is 2. The Balaban J connectivity index is 1.61. The van der Waals surface area contributed by atoms with Gasteiger partial charge in [0.05, 0.1) is 33.8 Å². The molecule has 4 aromatic heterocycles. The largest absolute Gasteiger partial charge is 0.493 e. The molecule has 170 valence electrons. The zero-order valence-electron chi connectivity index (χ0n) is 17.6. The van der Waals surface area contributed by atoms with Crippen LogP contribution in [0.1, 0.15) is 35.1 Å². The lowest BCUT2D eigenvalue weighted by Gasteiger charge is -2.05. The summed E-state index contributed by atoms with van der Waals surface area (Å²) < 4.78 is 1.62. The number of aromatic nitrogens is 5. The minimum absolute atomic E-state index is 0.170. The smallest absolute Gasteiger partial charge is 0.326 e. The minimum Gasteiger partial charge on any atom is -0.493 e. The summed E-state index contributed by atoms with van der Waals surface area (Å²) in [5, 5.41) is 27.0. The molecule has 1 amide bonds. The first-order valence-corrected chi connectivity index (χ1v) is 11.2. The Morgan fingerprint density at radius 3 is 2.94 bits per heavy atom. The molecular weight excluding hydrogens is 446 g/mol. The Labute approximate surface area is 190 Å². The van der Waals surface area contributed by atoms with Crippen molar-refractivity contribution in [1.29, 1.82) is 0 Å². The first kappa shape index (κ1) is 21.1. The SMILES string of the molecule is CC(O)CNC(=O)c1ccc(-c2cc(=NC3CC3)n3nc/c(=C\c4[nH]c(=O)[nH]c4O)c3n2)s1. The number of thiophene rings is 1. The van der Waals surface area contributed by atoms with E-state index in [1.807, 2.05) is 12.1 Å². The number of aromatic hydroxyl groups is 1. The third-order valence-electron chi connectivity index (χ3n) is 5.02. The maximum absolute atomic E-state index is 12.4. The van der Waals surface area contributed by atoms with Gasteiger partial charge in [0, 0.05) is 17.8 Å². The normalized spacial score (nSPS) is 15.9. The van der Waals surface area contributed by atoms with Crippen LogP contribution in [0.3, 0.4) is 0 Å². The van der Waals surface area contributed by atoms with E-state index in [1.165, 1.54) is 11.3 Å². The molecule has 1 fully saturated rings. The van der Waals surface area contributed by atoms with Crippen molar-refractivity contribution in [2.45, 2.75) is 31.9 Å². The van der Waals surface area contributed by atoms with E-state index in [0.29, 0.717) is 26.9 Å². The second-order valence-electron chi connectivity index (χ2n) is 7.90. The van der Waals surface area contributed by atoms with Crippen molar-refractivity contribution in [1.82, 2.24) is 29.9 Å². The summed E-state index contributed by atoms with van der Waals surface area (Å²) in [6, 6.07) is 5.61. The van der Waals surface area contributed by atoms with Gasteiger partial charge >= 0.3 is 5.69 Å². The van der Waals surface area contributed by atoms with Crippen LogP contribution in [0, 0.1) is 0 Å². The monoisotopic (exact) mass is 467 g/mol. The van der Waals surface area contributed by atoms with Gasteiger partial charge in [-0.2, -0.15) is 9.61 Å². The number of fused-ring (bicyclic) bond motifs is 1. The summed E-state index contributed by atoms with van der Waals surface area (Å²) in [5.74, 6) is -0.536. The van der Waals surface area contributed by atoms with Crippen LogP contribution in [-0.4, -0.2) is 59.4 Å². The number of amides is 1. The van der Waals surface area contributed by atoms with Crippen LogP contribution in [0.25, 0.3) is 22.3 Å². The van der Waals surface area contributed by atoms with Gasteiger partial charge in [-0.3, -0.25) is 14.8 Å². The number of hydrogen-bond acceptors (Lipinski definition) is 8. The van der Waals surface area contributed by atoms with Crippen molar-refractivity contribution in [3.05, 3.63) is 56.2 Å². The van der Waals surface area contributed by atoms with Gasteiger partial charge in [0.15, 0.2) is 11.1 Å². The third-order valence-corrected chi connectivity index (χ3v) is 6.12. The van der Waals surface area contributed by atoms with E-state index in [-0.39, 0.29) is 30.1 Å². The van der Waals surface area contributed by atoms with Gasteiger partial charge in [-0.1, -0.05) is 0 Å². The molecule has 0 spiro atoms. The van der Waals surface area contributed by atoms with E-state index in [1.54, 1.807) is 29.8 Å². The van der Waals surface area contributed by atoms with Crippen LogP contribution >= 0.6 is 11.3 Å². The molecule has 1 saturated carbocycles. The molecule has 0 bridgehead atoms. The molecule has 12 heteroatoms. The predicted octanol–water partition coefficient (Wildman–Crippen LogP) is -0.0988. The fourth-order valence-electron chi connectivity index (χ4n) is 3.25. The van der Waals surface area contributed by atoms with Crippen molar-refractivity contribution >= 4 is 29.0 Å². The van der Waals surface area contributed by atoms with Crippen LogP contribution < -0.4 is 21.7 Å².